The Balaban J connectivity index is 0.00000363. The number of pyridine rings is 1. The van der Waals surface area contributed by atoms with E-state index < -0.39 is 0 Å². The molecular weight excluding hydrogens is 528 g/mol. The Hall–Kier alpha value is -1.73. The lowest BCUT2D eigenvalue weighted by molar-refractivity contribution is -0.127. The number of anilines is 1. The van der Waals surface area contributed by atoms with Crippen LogP contribution in [0.3, 0.4) is 0 Å². The van der Waals surface area contributed by atoms with Gasteiger partial charge in [0, 0.05) is 59.1 Å². The van der Waals surface area contributed by atoms with Crippen LogP contribution in [0, 0.1) is 5.82 Å². The van der Waals surface area contributed by atoms with Crippen LogP contribution in [0.25, 0.3) is 0 Å². The second kappa shape index (κ2) is 13.7. The Labute approximate surface area is 206 Å². The Morgan fingerprint density at radius 1 is 1.34 bits per heavy atom. The first-order valence-corrected chi connectivity index (χ1v) is 10.9. The lowest BCUT2D eigenvalue weighted by Crippen LogP contribution is -2.46. The normalized spacial score (nSPS) is 19.4. The number of ether oxygens (including phenoxy) is 1. The largest absolute Gasteiger partial charge is 0.379 e. The van der Waals surface area contributed by atoms with Gasteiger partial charge in [0.1, 0.15) is 6.54 Å². The van der Waals surface area contributed by atoms with Gasteiger partial charge in [0.15, 0.2) is 17.6 Å². The highest BCUT2D eigenvalue weighted by Crippen LogP contribution is 2.20. The molecule has 32 heavy (non-hydrogen) atoms. The number of hydrogen-bond donors (Lipinski definition) is 2. The number of halogens is 2. The van der Waals surface area contributed by atoms with Gasteiger partial charge >= 0.3 is 0 Å². The molecule has 2 fully saturated rings. The number of hydrogen-bond acceptors (Lipinski definition) is 6. The van der Waals surface area contributed by atoms with E-state index in [9.17, 15) is 9.18 Å². The van der Waals surface area contributed by atoms with Crippen molar-refractivity contribution in [2.24, 2.45) is 4.99 Å². The van der Waals surface area contributed by atoms with Crippen molar-refractivity contribution in [3.05, 3.63) is 24.1 Å². The van der Waals surface area contributed by atoms with Crippen LogP contribution in [0.5, 0.6) is 0 Å². The van der Waals surface area contributed by atoms with E-state index in [1.165, 1.54) is 11.0 Å². The Morgan fingerprint density at radius 3 is 2.84 bits per heavy atom. The molecule has 3 rings (SSSR count). The molecule has 0 aromatic carbocycles. The third kappa shape index (κ3) is 8.32. The Kier molecular flexibility index (Phi) is 11.4. The summed E-state index contributed by atoms with van der Waals surface area (Å²) in [5.41, 5.74) is 0. The summed E-state index contributed by atoms with van der Waals surface area (Å²) in [7, 11) is 3.44. The molecule has 0 aliphatic carbocycles. The molecule has 1 amide bonds. The number of morpholine rings is 1. The highest BCUT2D eigenvalue weighted by Gasteiger charge is 2.26. The number of nitrogens with zero attached hydrogens (tertiary/aromatic N) is 5. The fourth-order valence-corrected chi connectivity index (χ4v) is 3.65. The van der Waals surface area contributed by atoms with Crippen LogP contribution in [-0.4, -0.2) is 106 Å². The van der Waals surface area contributed by atoms with Crippen LogP contribution in [0.2, 0.25) is 0 Å². The summed E-state index contributed by atoms with van der Waals surface area (Å²) in [6, 6.07) is 3.12. The fourth-order valence-electron chi connectivity index (χ4n) is 3.65. The molecule has 9 nitrogen and oxygen atoms in total. The second-order valence-electron chi connectivity index (χ2n) is 8.07. The van der Waals surface area contributed by atoms with Crippen molar-refractivity contribution in [2.45, 2.75) is 18.9 Å². The summed E-state index contributed by atoms with van der Waals surface area (Å²) in [5, 5.41) is 6.76. The zero-order valence-electron chi connectivity index (χ0n) is 18.9. The molecule has 0 saturated carbocycles. The molecule has 2 aliphatic rings. The molecule has 1 atom stereocenters. The van der Waals surface area contributed by atoms with Crippen molar-refractivity contribution in [1.29, 1.82) is 0 Å². The number of carbonyl (C=O) groups excluding carboxylic acids is 1. The number of carbonyl (C=O) groups is 1. The van der Waals surface area contributed by atoms with Gasteiger partial charge in [-0.1, -0.05) is 0 Å². The molecule has 1 aromatic rings. The van der Waals surface area contributed by atoms with Crippen LogP contribution >= 0.6 is 24.0 Å². The van der Waals surface area contributed by atoms with E-state index in [0.29, 0.717) is 24.9 Å². The molecule has 1 unspecified atom stereocenters. The smallest absolute Gasteiger partial charge is 0.243 e. The number of nitrogens with one attached hydrogen (secondary N) is 2. The third-order valence-electron chi connectivity index (χ3n) is 5.49. The van der Waals surface area contributed by atoms with Crippen molar-refractivity contribution in [3.63, 3.8) is 0 Å². The van der Waals surface area contributed by atoms with E-state index in [1.807, 2.05) is 4.90 Å². The van der Waals surface area contributed by atoms with Crippen molar-refractivity contribution in [2.75, 3.05) is 78.0 Å². The van der Waals surface area contributed by atoms with Gasteiger partial charge in [-0.25, -0.2) is 14.4 Å². The SMILES string of the molecule is CN(C)C(=O)CN=C(NCCCN1CCOCC1)NC1CCN(c2ncccc2F)C1.I. The molecule has 2 saturated heterocycles. The minimum Gasteiger partial charge on any atom is -0.379 e. The maximum atomic E-state index is 14.1. The monoisotopic (exact) mass is 563 g/mol. The molecule has 0 bridgehead atoms. The topological polar surface area (TPSA) is 85.3 Å². The van der Waals surface area contributed by atoms with Gasteiger partial charge in [0.25, 0.3) is 0 Å². The van der Waals surface area contributed by atoms with Gasteiger partial charge in [-0.2, -0.15) is 0 Å². The van der Waals surface area contributed by atoms with E-state index in [2.05, 4.69) is 25.5 Å². The van der Waals surface area contributed by atoms with E-state index in [0.717, 1.165) is 52.2 Å². The molecule has 180 valence electrons. The first-order valence-electron chi connectivity index (χ1n) is 10.9. The predicted octanol–water partition coefficient (Wildman–Crippen LogP) is 0.763. The van der Waals surface area contributed by atoms with Gasteiger partial charge in [0.2, 0.25) is 5.91 Å². The maximum Gasteiger partial charge on any atom is 0.243 e. The van der Waals surface area contributed by atoms with E-state index in [-0.39, 0.29) is 48.3 Å². The predicted molar refractivity (Wildman–Crippen MR) is 134 cm³/mol. The summed E-state index contributed by atoms with van der Waals surface area (Å²) in [6.07, 6.45) is 3.42. The molecule has 2 N–H and O–H groups in total. The number of likely N-dealkylation sites (N-methyl/N-ethyl adjacent to an activating group) is 1. The zero-order valence-corrected chi connectivity index (χ0v) is 21.3. The molecule has 11 heteroatoms. The number of aliphatic imine (C=N–C) groups is 1. The van der Waals surface area contributed by atoms with Crippen LogP contribution in [-0.2, 0) is 9.53 Å². The van der Waals surface area contributed by atoms with Gasteiger partial charge in [-0.3, -0.25) is 9.69 Å². The van der Waals surface area contributed by atoms with Crippen LogP contribution in [0.4, 0.5) is 10.2 Å². The first-order chi connectivity index (χ1) is 15.0. The maximum absolute atomic E-state index is 14.1. The van der Waals surface area contributed by atoms with Crippen molar-refractivity contribution >= 4 is 41.7 Å². The summed E-state index contributed by atoms with van der Waals surface area (Å²) >= 11 is 0. The van der Waals surface area contributed by atoms with Gasteiger partial charge in [-0.05, 0) is 31.5 Å². The number of guanidine groups is 1. The lowest BCUT2D eigenvalue weighted by Gasteiger charge is -2.26. The average molecular weight is 563 g/mol. The highest BCUT2D eigenvalue weighted by molar-refractivity contribution is 14.0. The third-order valence-corrected chi connectivity index (χ3v) is 5.49. The number of rotatable bonds is 8. The molecule has 1 aromatic heterocycles. The molecule has 3 heterocycles. The minimum absolute atomic E-state index is 0. The van der Waals surface area contributed by atoms with E-state index in [1.54, 1.807) is 26.4 Å². The second-order valence-corrected chi connectivity index (χ2v) is 8.07. The number of amides is 1. The first kappa shape index (κ1) is 26.5. The summed E-state index contributed by atoms with van der Waals surface area (Å²) in [6.45, 7) is 6.71. The Morgan fingerprint density at radius 2 is 2.12 bits per heavy atom. The molecule has 2 aliphatic heterocycles. The average Bonchev–Trinajstić information content (AvgIpc) is 3.23. The molecule has 0 spiro atoms. The quantitative estimate of drug-likeness (QED) is 0.209. The Bertz CT molecular complexity index is 747. The summed E-state index contributed by atoms with van der Waals surface area (Å²) < 4.78 is 19.4. The summed E-state index contributed by atoms with van der Waals surface area (Å²) in [5.74, 6) is 0.630. The van der Waals surface area contributed by atoms with Gasteiger partial charge in [-0.15, -0.1) is 24.0 Å². The zero-order chi connectivity index (χ0) is 22.1. The van der Waals surface area contributed by atoms with Crippen molar-refractivity contribution in [1.82, 2.24) is 25.4 Å². The highest BCUT2D eigenvalue weighted by atomic mass is 127. The minimum atomic E-state index is -0.310. The van der Waals surface area contributed by atoms with Crippen molar-refractivity contribution < 1.29 is 13.9 Å². The molecular formula is C21H35FIN7O2. The van der Waals surface area contributed by atoms with E-state index >= 15 is 0 Å². The van der Waals surface area contributed by atoms with Crippen molar-refractivity contribution in [3.8, 4) is 0 Å². The number of aromatic nitrogens is 1. The van der Waals surface area contributed by atoms with Crippen LogP contribution in [0.15, 0.2) is 23.3 Å². The fraction of sp³-hybridized carbons (Fsp3) is 0.667. The summed E-state index contributed by atoms with van der Waals surface area (Å²) in [4.78, 5) is 26.5. The molecule has 0 radical (unpaired) electrons. The lowest BCUT2D eigenvalue weighted by atomic mass is 10.3. The van der Waals surface area contributed by atoms with E-state index in [4.69, 9.17) is 4.74 Å². The van der Waals surface area contributed by atoms with Crippen LogP contribution < -0.4 is 15.5 Å². The standard InChI is InChI=1S/C21H34FN7O2.HI/c1-27(2)19(30)15-25-21(24-8-4-9-28-11-13-31-14-12-28)26-17-6-10-29(16-17)20-18(22)5-3-7-23-20;/h3,5,7,17H,4,6,8-16H2,1-2H3,(H2,24,25,26);1H. The van der Waals surface area contributed by atoms with Gasteiger partial charge < -0.3 is 25.2 Å². The van der Waals surface area contributed by atoms with Crippen LogP contribution in [0.1, 0.15) is 12.8 Å². The van der Waals surface area contributed by atoms with Gasteiger partial charge in [0.05, 0.1) is 13.2 Å².